The van der Waals surface area contributed by atoms with E-state index in [0.717, 1.165) is 25.5 Å². The van der Waals surface area contributed by atoms with Crippen molar-refractivity contribution in [3.05, 3.63) is 29.6 Å². The summed E-state index contributed by atoms with van der Waals surface area (Å²) in [5.41, 5.74) is -0.0720. The van der Waals surface area contributed by atoms with Gasteiger partial charge in [-0.3, -0.25) is 4.90 Å². The number of likely N-dealkylation sites (tertiary alicyclic amines) is 1. The van der Waals surface area contributed by atoms with E-state index in [1.54, 1.807) is 0 Å². The van der Waals surface area contributed by atoms with Crippen molar-refractivity contribution < 1.29 is 19.0 Å². The summed E-state index contributed by atoms with van der Waals surface area (Å²) in [6.07, 6.45) is 3.24. The topological polar surface area (TPSA) is 49.8 Å². The molecule has 20 heavy (non-hydrogen) atoms. The number of carboxylic acid groups (broad SMARTS) is 1. The predicted octanol–water partition coefficient (Wildman–Crippen LogP) is 2.78. The Morgan fingerprint density at radius 2 is 2.25 bits per heavy atom. The monoisotopic (exact) mass is 281 g/mol. The summed E-state index contributed by atoms with van der Waals surface area (Å²) in [4.78, 5) is 13.0. The number of carbonyl (C=O) groups is 1. The van der Waals surface area contributed by atoms with Gasteiger partial charge in [0.15, 0.2) is 11.6 Å². The number of carboxylic acids is 1. The molecule has 1 aliphatic rings. The number of halogens is 1. The van der Waals surface area contributed by atoms with Crippen molar-refractivity contribution in [1.82, 2.24) is 4.90 Å². The number of aromatic carboxylic acids is 1. The largest absolute Gasteiger partial charge is 0.486 e. The predicted molar refractivity (Wildman–Crippen MR) is 73.7 cm³/mol. The highest BCUT2D eigenvalue weighted by Crippen LogP contribution is 2.24. The van der Waals surface area contributed by atoms with Crippen LogP contribution >= 0.6 is 0 Å². The zero-order valence-corrected chi connectivity index (χ0v) is 11.8. The van der Waals surface area contributed by atoms with Crippen LogP contribution in [0.3, 0.4) is 0 Å². The lowest BCUT2D eigenvalue weighted by atomic mass is 9.99. The lowest BCUT2D eigenvalue weighted by Crippen LogP contribution is -2.45. The number of likely N-dealkylation sites (N-methyl/N-ethyl adjacent to an activating group) is 1. The maximum Gasteiger partial charge on any atom is 0.335 e. The normalized spacial score (nSPS) is 21.4. The second-order valence-corrected chi connectivity index (χ2v) is 5.32. The summed E-state index contributed by atoms with van der Waals surface area (Å²) in [7, 11) is 2.05. The Morgan fingerprint density at radius 3 is 2.85 bits per heavy atom. The Morgan fingerprint density at radius 1 is 1.50 bits per heavy atom. The Bertz CT molecular complexity index is 492. The van der Waals surface area contributed by atoms with Gasteiger partial charge in [0.1, 0.15) is 6.10 Å². The zero-order chi connectivity index (χ0) is 14.7. The first kappa shape index (κ1) is 14.8. The Kier molecular flexibility index (Phi) is 4.60. The van der Waals surface area contributed by atoms with E-state index in [4.69, 9.17) is 9.84 Å². The molecule has 0 aromatic heterocycles. The van der Waals surface area contributed by atoms with Crippen LogP contribution in [0.1, 0.15) is 36.5 Å². The van der Waals surface area contributed by atoms with Crippen LogP contribution < -0.4 is 4.74 Å². The molecule has 4 nitrogen and oxygen atoms in total. The van der Waals surface area contributed by atoms with Gasteiger partial charge >= 0.3 is 5.97 Å². The van der Waals surface area contributed by atoms with Gasteiger partial charge in [-0.1, -0.05) is 6.42 Å². The molecule has 0 aliphatic carbocycles. The summed E-state index contributed by atoms with van der Waals surface area (Å²) < 4.78 is 19.5. The number of benzene rings is 1. The number of rotatable bonds is 4. The molecule has 1 saturated heterocycles. The minimum Gasteiger partial charge on any atom is -0.486 e. The third-order valence-corrected chi connectivity index (χ3v) is 3.86. The van der Waals surface area contributed by atoms with Gasteiger partial charge in [0.05, 0.1) is 5.56 Å². The lowest BCUT2D eigenvalue weighted by Gasteiger charge is -2.36. The smallest absolute Gasteiger partial charge is 0.335 e. The minimum absolute atomic E-state index is 0.0720. The summed E-state index contributed by atoms with van der Waals surface area (Å²) in [5, 5.41) is 8.81. The molecule has 1 N–H and O–H groups in total. The quantitative estimate of drug-likeness (QED) is 0.922. The van der Waals surface area contributed by atoms with Crippen molar-refractivity contribution >= 4 is 5.97 Å². The van der Waals surface area contributed by atoms with Gasteiger partial charge in [-0.2, -0.15) is 0 Å². The first-order valence-corrected chi connectivity index (χ1v) is 6.89. The SMILES string of the molecule is CC(Oc1ccc(C(=O)O)cc1F)C1CCCCN1C. The summed E-state index contributed by atoms with van der Waals surface area (Å²) >= 11 is 0. The molecule has 2 rings (SSSR count). The van der Waals surface area contributed by atoms with Crippen molar-refractivity contribution in [2.45, 2.75) is 38.3 Å². The first-order chi connectivity index (χ1) is 9.49. The van der Waals surface area contributed by atoms with Crippen LogP contribution in [-0.4, -0.2) is 41.7 Å². The molecule has 0 radical (unpaired) electrons. The molecule has 0 saturated carbocycles. The molecule has 1 heterocycles. The molecule has 2 atom stereocenters. The van der Waals surface area contributed by atoms with Crippen molar-refractivity contribution in [1.29, 1.82) is 0 Å². The number of hydrogen-bond acceptors (Lipinski definition) is 3. The van der Waals surface area contributed by atoms with E-state index in [-0.39, 0.29) is 23.5 Å². The first-order valence-electron chi connectivity index (χ1n) is 6.89. The standard InChI is InChI=1S/C15H20FNO3/c1-10(13-5-3-4-8-17(13)2)20-14-7-6-11(15(18)19)9-12(14)16/h6-7,9-10,13H,3-5,8H2,1-2H3,(H,18,19). The van der Waals surface area contributed by atoms with Gasteiger partial charge in [0, 0.05) is 6.04 Å². The fraction of sp³-hybridized carbons (Fsp3) is 0.533. The number of ether oxygens (including phenoxy) is 1. The Hall–Kier alpha value is -1.62. The second kappa shape index (κ2) is 6.22. The van der Waals surface area contributed by atoms with Gasteiger partial charge in [-0.15, -0.1) is 0 Å². The average Bonchev–Trinajstić information content (AvgIpc) is 2.41. The van der Waals surface area contributed by atoms with Crippen LogP contribution in [0, 0.1) is 5.82 Å². The molecule has 1 fully saturated rings. The summed E-state index contributed by atoms with van der Waals surface area (Å²) in [5.74, 6) is -1.66. The summed E-state index contributed by atoms with van der Waals surface area (Å²) in [6.45, 7) is 2.95. The van der Waals surface area contributed by atoms with E-state index in [1.807, 2.05) is 14.0 Å². The number of piperidine rings is 1. The third kappa shape index (κ3) is 3.28. The van der Waals surface area contributed by atoms with Gasteiger partial charge in [-0.25, -0.2) is 9.18 Å². The molecule has 0 amide bonds. The number of nitrogens with zero attached hydrogens (tertiary/aromatic N) is 1. The molecule has 2 unspecified atom stereocenters. The highest BCUT2D eigenvalue weighted by atomic mass is 19.1. The van der Waals surface area contributed by atoms with Gasteiger partial charge in [0.25, 0.3) is 0 Å². The van der Waals surface area contributed by atoms with Crippen LogP contribution in [0.15, 0.2) is 18.2 Å². The van der Waals surface area contributed by atoms with Crippen LogP contribution in [0.2, 0.25) is 0 Å². The lowest BCUT2D eigenvalue weighted by molar-refractivity contribution is 0.0657. The minimum atomic E-state index is -1.14. The fourth-order valence-electron chi connectivity index (χ4n) is 2.70. The molecule has 5 heteroatoms. The molecule has 0 spiro atoms. The maximum absolute atomic E-state index is 13.8. The van der Waals surface area contributed by atoms with Crippen LogP contribution in [-0.2, 0) is 0 Å². The molecule has 110 valence electrons. The van der Waals surface area contributed by atoms with E-state index in [9.17, 15) is 9.18 Å². The van der Waals surface area contributed by atoms with E-state index in [1.165, 1.54) is 18.6 Å². The Balaban J connectivity index is 2.07. The van der Waals surface area contributed by atoms with Crippen molar-refractivity contribution in [2.75, 3.05) is 13.6 Å². The summed E-state index contributed by atoms with van der Waals surface area (Å²) in [6, 6.07) is 4.01. The average molecular weight is 281 g/mol. The van der Waals surface area contributed by atoms with Gasteiger partial charge in [-0.05, 0) is 51.6 Å². The molecular formula is C15H20FNO3. The van der Waals surface area contributed by atoms with Crippen LogP contribution in [0.5, 0.6) is 5.75 Å². The fourth-order valence-corrected chi connectivity index (χ4v) is 2.70. The second-order valence-electron chi connectivity index (χ2n) is 5.32. The van der Waals surface area contributed by atoms with E-state index < -0.39 is 11.8 Å². The van der Waals surface area contributed by atoms with Crippen LogP contribution in [0.25, 0.3) is 0 Å². The molecule has 0 bridgehead atoms. The zero-order valence-electron chi connectivity index (χ0n) is 11.8. The molecule has 1 aromatic rings. The van der Waals surface area contributed by atoms with Gasteiger partial charge < -0.3 is 9.84 Å². The molecular weight excluding hydrogens is 261 g/mol. The maximum atomic E-state index is 13.8. The molecule has 1 aliphatic heterocycles. The highest BCUT2D eigenvalue weighted by molar-refractivity contribution is 5.87. The van der Waals surface area contributed by atoms with Gasteiger partial charge in [0.2, 0.25) is 0 Å². The van der Waals surface area contributed by atoms with Crippen LogP contribution in [0.4, 0.5) is 4.39 Å². The Labute approximate surface area is 118 Å². The van der Waals surface area contributed by atoms with Crippen molar-refractivity contribution in [2.24, 2.45) is 0 Å². The van der Waals surface area contributed by atoms with E-state index in [2.05, 4.69) is 4.90 Å². The third-order valence-electron chi connectivity index (χ3n) is 3.86. The number of hydrogen-bond donors (Lipinski definition) is 1. The molecule has 1 aromatic carbocycles. The highest BCUT2D eigenvalue weighted by Gasteiger charge is 2.26. The van der Waals surface area contributed by atoms with Crippen molar-refractivity contribution in [3.63, 3.8) is 0 Å². The van der Waals surface area contributed by atoms with Crippen molar-refractivity contribution in [3.8, 4) is 5.75 Å². The van der Waals surface area contributed by atoms with E-state index in [0.29, 0.717) is 0 Å². The van der Waals surface area contributed by atoms with E-state index >= 15 is 0 Å².